The summed E-state index contributed by atoms with van der Waals surface area (Å²) in [5.41, 5.74) is -0.0876. The van der Waals surface area contributed by atoms with Crippen LogP contribution in [0.25, 0.3) is 0 Å². The van der Waals surface area contributed by atoms with Crippen molar-refractivity contribution in [3.63, 3.8) is 0 Å². The molecule has 1 aliphatic rings. The van der Waals surface area contributed by atoms with Crippen LogP contribution < -0.4 is 5.32 Å². The lowest BCUT2D eigenvalue weighted by molar-refractivity contribution is -0.156. The molecule has 0 aromatic carbocycles. The van der Waals surface area contributed by atoms with Crippen LogP contribution >= 0.6 is 0 Å². The summed E-state index contributed by atoms with van der Waals surface area (Å²) < 4.78 is 5.36. The quantitative estimate of drug-likeness (QED) is 0.772. The highest BCUT2D eigenvalue weighted by atomic mass is 16.6. The predicted molar refractivity (Wildman–Crippen MR) is 69.9 cm³/mol. The van der Waals surface area contributed by atoms with Gasteiger partial charge in [0.25, 0.3) is 0 Å². The first-order valence-electron chi connectivity index (χ1n) is 6.65. The molecule has 1 aliphatic carbocycles. The molecule has 0 aromatic heterocycles. The van der Waals surface area contributed by atoms with Gasteiger partial charge in [-0.25, -0.2) is 0 Å². The van der Waals surface area contributed by atoms with Gasteiger partial charge in [0.1, 0.15) is 5.60 Å². The molecule has 1 saturated carbocycles. The standard InChI is InChI=1S/C14H27NO2/c1-13(2,3)17-12(16)10-11-6-8-14(4,15-5)9-7-11/h11,15H,6-10H2,1-5H3. The highest BCUT2D eigenvalue weighted by Gasteiger charge is 2.31. The average molecular weight is 241 g/mol. The third kappa shape index (κ3) is 5.07. The first kappa shape index (κ1) is 14.5. The van der Waals surface area contributed by atoms with Gasteiger partial charge in [0.15, 0.2) is 0 Å². The van der Waals surface area contributed by atoms with Crippen LogP contribution in [0.4, 0.5) is 0 Å². The van der Waals surface area contributed by atoms with Gasteiger partial charge in [-0.15, -0.1) is 0 Å². The van der Waals surface area contributed by atoms with Gasteiger partial charge in [-0.05, 0) is 66.3 Å². The smallest absolute Gasteiger partial charge is 0.306 e. The van der Waals surface area contributed by atoms with E-state index in [1.54, 1.807) is 0 Å². The van der Waals surface area contributed by atoms with E-state index in [1.165, 1.54) is 0 Å². The number of carbonyl (C=O) groups is 1. The second kappa shape index (κ2) is 5.38. The summed E-state index contributed by atoms with van der Waals surface area (Å²) in [4.78, 5) is 11.7. The predicted octanol–water partition coefficient (Wildman–Crippen LogP) is 2.89. The molecule has 0 unspecified atom stereocenters. The number of nitrogens with one attached hydrogen (secondary N) is 1. The Labute approximate surface area is 105 Å². The summed E-state index contributed by atoms with van der Waals surface area (Å²) in [5.74, 6) is 0.460. The minimum Gasteiger partial charge on any atom is -0.460 e. The van der Waals surface area contributed by atoms with Crippen LogP contribution in [-0.2, 0) is 9.53 Å². The Bertz CT molecular complexity index is 260. The molecule has 1 fully saturated rings. The van der Waals surface area contributed by atoms with E-state index in [1.807, 2.05) is 27.8 Å². The Kier molecular flexibility index (Phi) is 4.59. The molecular weight excluding hydrogens is 214 g/mol. The summed E-state index contributed by atoms with van der Waals surface area (Å²) in [5, 5.41) is 3.38. The van der Waals surface area contributed by atoms with Crippen molar-refractivity contribution in [3.05, 3.63) is 0 Å². The maximum Gasteiger partial charge on any atom is 0.306 e. The van der Waals surface area contributed by atoms with Crippen molar-refractivity contribution in [2.24, 2.45) is 5.92 Å². The van der Waals surface area contributed by atoms with Gasteiger partial charge >= 0.3 is 5.97 Å². The SMILES string of the molecule is CNC1(C)CCC(CC(=O)OC(C)(C)C)CC1. The molecule has 0 bridgehead atoms. The number of hydrogen-bond acceptors (Lipinski definition) is 3. The van der Waals surface area contributed by atoms with E-state index in [-0.39, 0.29) is 17.1 Å². The lowest BCUT2D eigenvalue weighted by Gasteiger charge is -2.37. The largest absolute Gasteiger partial charge is 0.460 e. The fourth-order valence-electron chi connectivity index (χ4n) is 2.39. The van der Waals surface area contributed by atoms with E-state index in [4.69, 9.17) is 4.74 Å². The van der Waals surface area contributed by atoms with Crippen molar-refractivity contribution in [2.75, 3.05) is 7.05 Å². The fraction of sp³-hybridized carbons (Fsp3) is 0.929. The summed E-state index contributed by atoms with van der Waals surface area (Å²) in [6.45, 7) is 8.02. The molecule has 3 heteroatoms. The molecule has 1 N–H and O–H groups in total. The van der Waals surface area contributed by atoms with Crippen LogP contribution in [0.3, 0.4) is 0 Å². The molecular formula is C14H27NO2. The van der Waals surface area contributed by atoms with Crippen LogP contribution in [0, 0.1) is 5.92 Å². The summed E-state index contributed by atoms with van der Waals surface area (Å²) in [7, 11) is 2.02. The Morgan fingerprint density at radius 2 is 1.88 bits per heavy atom. The van der Waals surface area contributed by atoms with Gasteiger partial charge in [0.2, 0.25) is 0 Å². The van der Waals surface area contributed by atoms with Crippen molar-refractivity contribution in [3.8, 4) is 0 Å². The summed E-state index contributed by atoms with van der Waals surface area (Å²) >= 11 is 0. The summed E-state index contributed by atoms with van der Waals surface area (Å²) in [6, 6.07) is 0. The number of carbonyl (C=O) groups excluding carboxylic acids is 1. The molecule has 0 spiro atoms. The van der Waals surface area contributed by atoms with Gasteiger partial charge in [-0.3, -0.25) is 4.79 Å². The first-order valence-corrected chi connectivity index (χ1v) is 6.65. The van der Waals surface area contributed by atoms with Gasteiger partial charge in [-0.2, -0.15) is 0 Å². The third-order valence-corrected chi connectivity index (χ3v) is 3.69. The minimum atomic E-state index is -0.356. The maximum absolute atomic E-state index is 11.7. The summed E-state index contributed by atoms with van der Waals surface area (Å²) in [6.07, 6.45) is 5.12. The van der Waals surface area contributed by atoms with E-state index >= 15 is 0 Å². The van der Waals surface area contributed by atoms with Crippen LogP contribution in [0.2, 0.25) is 0 Å². The zero-order valence-electron chi connectivity index (χ0n) is 11.9. The number of esters is 1. The molecule has 0 aromatic rings. The monoisotopic (exact) mass is 241 g/mol. The molecule has 0 saturated heterocycles. The van der Waals surface area contributed by atoms with E-state index < -0.39 is 0 Å². The first-order chi connectivity index (χ1) is 7.74. The van der Waals surface area contributed by atoms with Gasteiger partial charge < -0.3 is 10.1 Å². The Morgan fingerprint density at radius 3 is 2.29 bits per heavy atom. The Morgan fingerprint density at radius 1 is 1.35 bits per heavy atom. The average Bonchev–Trinajstić information content (AvgIpc) is 2.19. The molecule has 3 nitrogen and oxygen atoms in total. The van der Waals surface area contributed by atoms with Gasteiger partial charge in [-0.1, -0.05) is 0 Å². The Hall–Kier alpha value is -0.570. The van der Waals surface area contributed by atoms with Crippen LogP contribution in [0.5, 0.6) is 0 Å². The minimum absolute atomic E-state index is 0.0458. The molecule has 1 rings (SSSR count). The molecule has 17 heavy (non-hydrogen) atoms. The molecule has 0 heterocycles. The highest BCUT2D eigenvalue weighted by molar-refractivity contribution is 5.70. The van der Waals surface area contributed by atoms with E-state index in [9.17, 15) is 4.79 Å². The molecule has 0 aliphatic heterocycles. The molecule has 0 atom stereocenters. The second-order valence-electron chi connectivity index (χ2n) is 6.54. The zero-order valence-corrected chi connectivity index (χ0v) is 11.9. The van der Waals surface area contributed by atoms with Crippen molar-refractivity contribution in [1.82, 2.24) is 5.32 Å². The zero-order chi connectivity index (χ0) is 13.1. The number of rotatable bonds is 3. The van der Waals surface area contributed by atoms with Crippen molar-refractivity contribution >= 4 is 5.97 Å². The van der Waals surface area contributed by atoms with Gasteiger partial charge in [0.05, 0.1) is 0 Å². The van der Waals surface area contributed by atoms with Crippen LogP contribution in [0.15, 0.2) is 0 Å². The molecule has 0 radical (unpaired) electrons. The lowest BCUT2D eigenvalue weighted by Crippen LogP contribution is -2.43. The highest BCUT2D eigenvalue weighted by Crippen LogP contribution is 2.33. The second-order valence-corrected chi connectivity index (χ2v) is 6.54. The normalized spacial score (nSPS) is 30.1. The van der Waals surface area contributed by atoms with Crippen molar-refractivity contribution in [1.29, 1.82) is 0 Å². The lowest BCUT2D eigenvalue weighted by atomic mass is 9.76. The van der Waals surface area contributed by atoms with Crippen LogP contribution in [0.1, 0.15) is 59.8 Å². The number of ether oxygens (including phenoxy) is 1. The Balaban J connectivity index is 2.34. The maximum atomic E-state index is 11.7. The topological polar surface area (TPSA) is 38.3 Å². The van der Waals surface area contributed by atoms with Crippen molar-refractivity contribution < 1.29 is 9.53 Å². The van der Waals surface area contributed by atoms with Gasteiger partial charge in [0, 0.05) is 12.0 Å². The fourth-order valence-corrected chi connectivity index (χ4v) is 2.39. The number of hydrogen-bond donors (Lipinski definition) is 1. The van der Waals surface area contributed by atoms with Crippen LogP contribution in [-0.4, -0.2) is 24.2 Å². The molecule has 0 amide bonds. The van der Waals surface area contributed by atoms with Crippen molar-refractivity contribution in [2.45, 2.75) is 70.9 Å². The molecule has 100 valence electrons. The van der Waals surface area contributed by atoms with E-state index in [0.717, 1.165) is 25.7 Å². The van der Waals surface area contributed by atoms with E-state index in [0.29, 0.717) is 12.3 Å². The third-order valence-electron chi connectivity index (χ3n) is 3.69. The van der Waals surface area contributed by atoms with E-state index in [2.05, 4.69) is 12.2 Å².